The molecule has 2 rings (SSSR count). The van der Waals surface area contributed by atoms with E-state index in [0.29, 0.717) is 37.6 Å². The number of nitrogens with zero attached hydrogens (tertiary/aromatic N) is 2. The van der Waals surface area contributed by atoms with E-state index in [0.717, 1.165) is 17.7 Å². The summed E-state index contributed by atoms with van der Waals surface area (Å²) in [5.41, 5.74) is 1.90. The molecule has 2 aromatic rings. The Morgan fingerprint density at radius 1 is 1.27 bits per heavy atom. The number of hydrogen-bond acceptors (Lipinski definition) is 5. The van der Waals surface area contributed by atoms with Gasteiger partial charge >= 0.3 is 0 Å². The van der Waals surface area contributed by atoms with Crippen LogP contribution in [0, 0.1) is 18.1 Å². The third-order valence-corrected chi connectivity index (χ3v) is 4.97. The molecule has 1 amide bonds. The van der Waals surface area contributed by atoms with Gasteiger partial charge in [-0.3, -0.25) is 9.59 Å². The third-order valence-electron chi connectivity index (χ3n) is 4.13. The topological polar surface area (TPSA) is 60.8 Å². The first-order chi connectivity index (χ1) is 14.5. The smallest absolute Gasteiger partial charge is 0.239 e. The van der Waals surface area contributed by atoms with Crippen LogP contribution in [0.4, 0.5) is 0 Å². The second kappa shape index (κ2) is 14.9. The van der Waals surface area contributed by atoms with Crippen molar-refractivity contribution in [2.45, 2.75) is 27.0 Å². The highest BCUT2D eigenvalue weighted by Crippen LogP contribution is 2.16. The number of ether oxygens (including phenoxy) is 2. The van der Waals surface area contributed by atoms with Gasteiger partial charge in [0.05, 0.1) is 11.3 Å². The van der Waals surface area contributed by atoms with E-state index in [-0.39, 0.29) is 5.43 Å². The van der Waals surface area contributed by atoms with Crippen molar-refractivity contribution >= 4 is 36.5 Å². The number of aromatic nitrogens is 1. The van der Waals surface area contributed by atoms with E-state index in [1.165, 1.54) is 8.93 Å². The van der Waals surface area contributed by atoms with Gasteiger partial charge in [-0.05, 0) is 39.5 Å². The molecule has 6 nitrogen and oxygen atoms in total. The molecule has 0 aliphatic carbocycles. The monoisotopic (exact) mass is 542 g/mol. The van der Waals surface area contributed by atoms with Crippen LogP contribution in [0.1, 0.15) is 23.7 Å². The maximum atomic E-state index is 12.8. The lowest BCUT2D eigenvalue weighted by Gasteiger charge is -2.19. The average molecular weight is 542 g/mol. The summed E-state index contributed by atoms with van der Waals surface area (Å²) in [5.74, 6) is 3.20. The molecule has 0 N–H and O–H groups in total. The molecule has 0 spiro atoms. The minimum atomic E-state index is -0.208. The zero-order valence-electron chi connectivity index (χ0n) is 17.7. The normalized spacial score (nSPS) is 9.63. The number of carbonyl (C=O) groups is 1. The van der Waals surface area contributed by atoms with Crippen molar-refractivity contribution in [3.63, 3.8) is 0 Å². The quantitative estimate of drug-likeness (QED) is 0.288. The highest BCUT2D eigenvalue weighted by Gasteiger charge is 2.14. The number of pyridine rings is 1. The van der Waals surface area contributed by atoms with Gasteiger partial charge in [-0.1, -0.05) is 30.3 Å². The molecule has 0 saturated carbocycles. The summed E-state index contributed by atoms with van der Waals surface area (Å²) < 4.78 is 12.1. The van der Waals surface area contributed by atoms with Crippen LogP contribution >= 0.6 is 30.1 Å². The van der Waals surface area contributed by atoms with Crippen LogP contribution in [0.15, 0.2) is 41.3 Å². The van der Waals surface area contributed by atoms with E-state index in [9.17, 15) is 9.59 Å². The Morgan fingerprint density at radius 2 is 1.93 bits per heavy atom. The summed E-state index contributed by atoms with van der Waals surface area (Å²) in [7, 11) is 4.57. The number of hydrogen-bond donors (Lipinski definition) is 0. The summed E-state index contributed by atoms with van der Waals surface area (Å²) in [6.45, 7) is 5.84. The maximum Gasteiger partial charge on any atom is 0.239 e. The van der Waals surface area contributed by atoms with E-state index in [4.69, 9.17) is 4.74 Å². The van der Waals surface area contributed by atoms with Crippen LogP contribution in [-0.4, -0.2) is 43.2 Å². The van der Waals surface area contributed by atoms with Gasteiger partial charge in [0.1, 0.15) is 6.61 Å². The first-order valence-corrected chi connectivity index (χ1v) is 12.7. The fourth-order valence-corrected chi connectivity index (χ4v) is 3.02. The van der Waals surface area contributed by atoms with Crippen LogP contribution in [0.25, 0.3) is 0 Å². The summed E-state index contributed by atoms with van der Waals surface area (Å²) in [6.07, 6.45) is 2.57. The van der Waals surface area contributed by atoms with Gasteiger partial charge in [-0.2, -0.15) is 0 Å². The second-order valence-electron chi connectivity index (χ2n) is 6.20. The highest BCUT2D eigenvalue weighted by atomic mass is 127. The zero-order valence-corrected chi connectivity index (χ0v) is 20.7. The molecule has 0 aliphatic rings. The summed E-state index contributed by atoms with van der Waals surface area (Å²) in [5, 5.41) is 2.86. The Hall–Kier alpha value is -1.96. The molecule has 0 saturated heterocycles. The first-order valence-electron chi connectivity index (χ1n) is 9.31. The summed E-state index contributed by atoms with van der Waals surface area (Å²) in [6, 6.07) is 9.71. The SMILES string of the molecule is CCN(C=O)CCn1cc(C#CSI)c(=O)c(OCc2ccccc2)c1C.COC. The number of likely N-dealkylation sites (N-methyl/N-ethyl adjacent to an activating group) is 1. The second-order valence-corrected chi connectivity index (χ2v) is 7.88. The van der Waals surface area contributed by atoms with Crippen molar-refractivity contribution in [2.75, 3.05) is 27.3 Å². The van der Waals surface area contributed by atoms with Crippen molar-refractivity contribution in [3.8, 4) is 16.9 Å². The van der Waals surface area contributed by atoms with E-state index in [1.54, 1.807) is 25.3 Å². The number of amides is 1. The summed E-state index contributed by atoms with van der Waals surface area (Å²) in [4.78, 5) is 25.5. The lowest BCUT2D eigenvalue weighted by molar-refractivity contribution is -0.118. The Balaban J connectivity index is 0.00000141. The van der Waals surface area contributed by atoms with Crippen LogP contribution in [-0.2, 0) is 22.7 Å². The molecule has 0 unspecified atom stereocenters. The number of rotatable bonds is 8. The van der Waals surface area contributed by atoms with Gasteiger partial charge in [0.15, 0.2) is 5.75 Å². The first kappa shape index (κ1) is 26.1. The lowest BCUT2D eigenvalue weighted by Crippen LogP contribution is -2.27. The van der Waals surface area contributed by atoms with Crippen LogP contribution in [0.3, 0.4) is 0 Å². The van der Waals surface area contributed by atoms with Crippen LogP contribution in [0.2, 0.25) is 0 Å². The highest BCUT2D eigenvalue weighted by molar-refractivity contribution is 14.2. The molecule has 162 valence electrons. The van der Waals surface area contributed by atoms with E-state index < -0.39 is 0 Å². The van der Waals surface area contributed by atoms with Crippen molar-refractivity contribution in [1.82, 2.24) is 9.47 Å². The fourth-order valence-electron chi connectivity index (χ4n) is 2.55. The number of halogens is 1. The molecule has 1 heterocycles. The molecule has 1 aromatic heterocycles. The largest absolute Gasteiger partial charge is 0.483 e. The van der Waals surface area contributed by atoms with Gasteiger partial charge in [0.2, 0.25) is 11.8 Å². The van der Waals surface area contributed by atoms with Crippen LogP contribution in [0.5, 0.6) is 5.75 Å². The van der Waals surface area contributed by atoms with Crippen molar-refractivity contribution in [3.05, 3.63) is 63.6 Å². The lowest BCUT2D eigenvalue weighted by atomic mass is 10.2. The third kappa shape index (κ3) is 8.42. The molecule has 1 aromatic carbocycles. The van der Waals surface area contributed by atoms with Crippen molar-refractivity contribution in [2.24, 2.45) is 0 Å². The standard InChI is InChI=1S/C20H21IN2O3S.C2H6O/c1-3-22(15-24)10-11-23-13-18(9-12-27-21)19(25)20(16(23)2)26-14-17-7-5-4-6-8-17;1-3-2/h4-8,13,15H,3,10-11,14H2,1-2H3;1-2H3. The van der Waals surface area contributed by atoms with E-state index >= 15 is 0 Å². The van der Waals surface area contributed by atoms with Gasteiger partial charge in [0.25, 0.3) is 0 Å². The molecular weight excluding hydrogens is 515 g/mol. The molecule has 0 bridgehead atoms. The van der Waals surface area contributed by atoms with Gasteiger partial charge in [-0.25, -0.2) is 0 Å². The average Bonchev–Trinajstić information content (AvgIpc) is 2.76. The Labute approximate surface area is 194 Å². The van der Waals surface area contributed by atoms with E-state index in [1.807, 2.05) is 48.7 Å². The van der Waals surface area contributed by atoms with Gasteiger partial charge in [-0.15, -0.1) is 0 Å². The fraction of sp³-hybridized carbons (Fsp3) is 0.364. The Kier molecular flexibility index (Phi) is 13.0. The Morgan fingerprint density at radius 3 is 2.50 bits per heavy atom. The number of benzene rings is 1. The van der Waals surface area contributed by atoms with Gasteiger partial charge in [0, 0.05) is 61.3 Å². The van der Waals surface area contributed by atoms with E-state index in [2.05, 4.69) is 37.1 Å². The molecular formula is C22H27IN2O4S. The minimum absolute atomic E-state index is 0.208. The predicted molar refractivity (Wildman–Crippen MR) is 131 cm³/mol. The van der Waals surface area contributed by atoms with Crippen molar-refractivity contribution in [1.29, 1.82) is 0 Å². The zero-order chi connectivity index (χ0) is 22.4. The predicted octanol–water partition coefficient (Wildman–Crippen LogP) is 3.87. The molecule has 0 atom stereocenters. The summed E-state index contributed by atoms with van der Waals surface area (Å²) >= 11 is 2.07. The molecule has 0 fully saturated rings. The van der Waals surface area contributed by atoms with Crippen LogP contribution < -0.4 is 10.2 Å². The van der Waals surface area contributed by atoms with Crippen molar-refractivity contribution < 1.29 is 14.3 Å². The number of methoxy groups -OCH3 is 1. The molecule has 0 aliphatic heterocycles. The molecule has 30 heavy (non-hydrogen) atoms. The minimum Gasteiger partial charge on any atom is -0.483 e. The molecule has 8 heteroatoms. The van der Waals surface area contributed by atoms with Gasteiger partial charge < -0.3 is 18.9 Å². The Bertz CT molecular complexity index is 907. The maximum absolute atomic E-state index is 12.8. The number of carbonyl (C=O) groups excluding carboxylic acids is 1. The molecule has 0 radical (unpaired) electrons.